The maximum Gasteiger partial charge on any atom is 0.341 e. The Labute approximate surface area is 93.9 Å². The number of rotatable bonds is 5. The van der Waals surface area contributed by atoms with Crippen LogP contribution in [-0.2, 0) is 16.0 Å². The Morgan fingerprint density at radius 3 is 2.81 bits per heavy atom. The lowest BCUT2D eigenvalue weighted by Gasteiger charge is -2.05. The number of hydrogen-bond acceptors (Lipinski definition) is 4. The highest BCUT2D eigenvalue weighted by Gasteiger charge is 2.12. The summed E-state index contributed by atoms with van der Waals surface area (Å²) in [5.41, 5.74) is 0.967. The molecule has 1 N–H and O–H groups in total. The second kappa shape index (κ2) is 5.90. The summed E-state index contributed by atoms with van der Waals surface area (Å²) >= 11 is 0. The van der Waals surface area contributed by atoms with Gasteiger partial charge in [-0.25, -0.2) is 4.79 Å². The first-order valence-corrected chi connectivity index (χ1v) is 5.11. The van der Waals surface area contributed by atoms with Gasteiger partial charge in [-0.3, -0.25) is 0 Å². The van der Waals surface area contributed by atoms with E-state index in [-0.39, 0.29) is 17.9 Å². The summed E-state index contributed by atoms with van der Waals surface area (Å²) < 4.78 is 4.77. The van der Waals surface area contributed by atoms with Crippen molar-refractivity contribution in [2.75, 3.05) is 6.61 Å². The van der Waals surface area contributed by atoms with Gasteiger partial charge in [-0.05, 0) is 31.0 Å². The van der Waals surface area contributed by atoms with E-state index in [4.69, 9.17) is 4.74 Å². The van der Waals surface area contributed by atoms with Crippen molar-refractivity contribution in [3.05, 3.63) is 29.3 Å². The Morgan fingerprint density at radius 2 is 2.25 bits per heavy atom. The molecular weight excluding hydrogens is 208 g/mol. The van der Waals surface area contributed by atoms with Gasteiger partial charge in [0, 0.05) is 6.42 Å². The molecule has 0 saturated carbocycles. The van der Waals surface area contributed by atoms with E-state index >= 15 is 0 Å². The number of phenols is 1. The molecular formula is C12H14O4. The van der Waals surface area contributed by atoms with Crippen molar-refractivity contribution in [2.45, 2.75) is 19.8 Å². The highest BCUT2D eigenvalue weighted by molar-refractivity contribution is 5.92. The minimum atomic E-state index is -0.540. The standard InChI is InChI=1S/C12H14O4/c1-2-16-12(15)10-6-5-9(4-3-7-13)8-11(10)14/h5-8,14H,2-4H2,1H3. The maximum absolute atomic E-state index is 11.4. The third-order valence-electron chi connectivity index (χ3n) is 2.11. The fraction of sp³-hybridized carbons (Fsp3) is 0.333. The average Bonchev–Trinajstić information content (AvgIpc) is 2.26. The Balaban J connectivity index is 2.82. The summed E-state index contributed by atoms with van der Waals surface area (Å²) in [6.45, 7) is 1.97. The van der Waals surface area contributed by atoms with Crippen molar-refractivity contribution >= 4 is 12.3 Å². The number of phenolic OH excluding ortho intramolecular Hbond substituents is 1. The maximum atomic E-state index is 11.4. The Hall–Kier alpha value is -1.84. The van der Waals surface area contributed by atoms with Gasteiger partial charge in [0.1, 0.15) is 17.6 Å². The molecule has 0 bridgehead atoms. The van der Waals surface area contributed by atoms with Gasteiger partial charge in [-0.1, -0.05) is 6.07 Å². The van der Waals surface area contributed by atoms with Crippen LogP contribution in [0.2, 0.25) is 0 Å². The number of carbonyl (C=O) groups is 2. The van der Waals surface area contributed by atoms with E-state index in [0.717, 1.165) is 11.8 Å². The first kappa shape index (κ1) is 12.2. The lowest BCUT2D eigenvalue weighted by molar-refractivity contribution is -0.107. The summed E-state index contributed by atoms with van der Waals surface area (Å²) in [7, 11) is 0. The molecule has 0 aliphatic heterocycles. The van der Waals surface area contributed by atoms with E-state index in [1.54, 1.807) is 13.0 Å². The molecule has 1 aromatic carbocycles. The Morgan fingerprint density at radius 1 is 1.50 bits per heavy atom. The van der Waals surface area contributed by atoms with Crippen LogP contribution in [0, 0.1) is 0 Å². The van der Waals surface area contributed by atoms with Crippen molar-refractivity contribution in [3.8, 4) is 5.75 Å². The van der Waals surface area contributed by atoms with Crippen molar-refractivity contribution in [1.82, 2.24) is 0 Å². The van der Waals surface area contributed by atoms with Crippen molar-refractivity contribution < 1.29 is 19.4 Å². The smallest absolute Gasteiger partial charge is 0.341 e. The van der Waals surface area contributed by atoms with E-state index in [9.17, 15) is 14.7 Å². The van der Waals surface area contributed by atoms with Crippen LogP contribution in [0.25, 0.3) is 0 Å². The molecule has 0 aliphatic rings. The fourth-order valence-electron chi connectivity index (χ4n) is 1.34. The van der Waals surface area contributed by atoms with E-state index in [2.05, 4.69) is 0 Å². The number of hydrogen-bond donors (Lipinski definition) is 1. The first-order valence-electron chi connectivity index (χ1n) is 5.11. The summed E-state index contributed by atoms with van der Waals surface area (Å²) in [6.07, 6.45) is 1.77. The Bertz CT molecular complexity index is 385. The number of aromatic hydroxyl groups is 1. The first-order chi connectivity index (χ1) is 7.69. The number of aldehydes is 1. The van der Waals surface area contributed by atoms with Crippen LogP contribution < -0.4 is 0 Å². The SMILES string of the molecule is CCOC(=O)c1ccc(CCC=O)cc1O. The molecule has 86 valence electrons. The molecule has 0 heterocycles. The van der Waals surface area contributed by atoms with E-state index in [1.807, 2.05) is 0 Å². The van der Waals surface area contributed by atoms with Gasteiger partial charge in [0.05, 0.1) is 6.61 Å². The van der Waals surface area contributed by atoms with Crippen molar-refractivity contribution in [3.63, 3.8) is 0 Å². The second-order valence-electron chi connectivity index (χ2n) is 3.28. The topological polar surface area (TPSA) is 63.6 Å². The highest BCUT2D eigenvalue weighted by Crippen LogP contribution is 2.20. The Kier molecular flexibility index (Phi) is 4.51. The molecule has 0 saturated heterocycles. The number of benzene rings is 1. The monoisotopic (exact) mass is 222 g/mol. The van der Waals surface area contributed by atoms with E-state index < -0.39 is 5.97 Å². The van der Waals surface area contributed by atoms with Gasteiger partial charge < -0.3 is 14.6 Å². The molecule has 0 fully saturated rings. The lowest BCUT2D eigenvalue weighted by Crippen LogP contribution is -2.05. The summed E-state index contributed by atoms with van der Waals surface area (Å²) in [5, 5.41) is 9.60. The van der Waals surface area contributed by atoms with Crippen LogP contribution in [0.4, 0.5) is 0 Å². The quantitative estimate of drug-likeness (QED) is 0.608. The third-order valence-corrected chi connectivity index (χ3v) is 2.11. The predicted molar refractivity (Wildman–Crippen MR) is 58.4 cm³/mol. The second-order valence-corrected chi connectivity index (χ2v) is 3.28. The van der Waals surface area contributed by atoms with Crippen molar-refractivity contribution in [2.24, 2.45) is 0 Å². The summed E-state index contributed by atoms with van der Waals surface area (Å²) in [5.74, 6) is -0.649. The lowest BCUT2D eigenvalue weighted by atomic mass is 10.1. The van der Waals surface area contributed by atoms with Crippen LogP contribution >= 0.6 is 0 Å². The van der Waals surface area contributed by atoms with E-state index in [1.165, 1.54) is 12.1 Å². The zero-order valence-corrected chi connectivity index (χ0v) is 9.10. The molecule has 0 aromatic heterocycles. The molecule has 4 heteroatoms. The molecule has 0 amide bonds. The zero-order chi connectivity index (χ0) is 12.0. The summed E-state index contributed by atoms with van der Waals surface area (Å²) in [4.78, 5) is 21.5. The van der Waals surface area contributed by atoms with Gasteiger partial charge >= 0.3 is 5.97 Å². The van der Waals surface area contributed by atoms with Crippen LogP contribution in [0.15, 0.2) is 18.2 Å². The molecule has 0 unspecified atom stereocenters. The van der Waals surface area contributed by atoms with Crippen LogP contribution in [0.1, 0.15) is 29.3 Å². The molecule has 0 spiro atoms. The van der Waals surface area contributed by atoms with Gasteiger partial charge in [-0.15, -0.1) is 0 Å². The predicted octanol–water partition coefficient (Wildman–Crippen LogP) is 1.70. The normalized spacial score (nSPS) is 9.81. The molecule has 4 nitrogen and oxygen atoms in total. The molecule has 0 aliphatic carbocycles. The molecule has 1 rings (SSSR count). The number of ether oxygens (including phenoxy) is 1. The fourth-order valence-corrected chi connectivity index (χ4v) is 1.34. The third kappa shape index (κ3) is 3.08. The average molecular weight is 222 g/mol. The van der Waals surface area contributed by atoms with Gasteiger partial charge in [0.2, 0.25) is 0 Å². The van der Waals surface area contributed by atoms with Crippen LogP contribution in [0.5, 0.6) is 5.75 Å². The summed E-state index contributed by atoms with van der Waals surface area (Å²) in [6, 6.07) is 4.69. The number of aryl methyl sites for hydroxylation is 1. The highest BCUT2D eigenvalue weighted by atomic mass is 16.5. The van der Waals surface area contributed by atoms with Crippen molar-refractivity contribution in [1.29, 1.82) is 0 Å². The molecule has 0 radical (unpaired) electrons. The van der Waals surface area contributed by atoms with Gasteiger partial charge in [-0.2, -0.15) is 0 Å². The number of carbonyl (C=O) groups excluding carboxylic acids is 2. The van der Waals surface area contributed by atoms with Crippen LogP contribution in [0.3, 0.4) is 0 Å². The minimum Gasteiger partial charge on any atom is -0.507 e. The molecule has 1 aromatic rings. The minimum absolute atomic E-state index is 0.109. The number of esters is 1. The van der Waals surface area contributed by atoms with Gasteiger partial charge in [0.15, 0.2) is 0 Å². The van der Waals surface area contributed by atoms with E-state index in [0.29, 0.717) is 12.8 Å². The molecule has 0 atom stereocenters. The van der Waals surface area contributed by atoms with Crippen LogP contribution in [-0.4, -0.2) is 24.0 Å². The zero-order valence-electron chi connectivity index (χ0n) is 9.10. The molecule has 16 heavy (non-hydrogen) atoms. The largest absolute Gasteiger partial charge is 0.507 e. The van der Waals surface area contributed by atoms with Gasteiger partial charge in [0.25, 0.3) is 0 Å².